The number of amides is 2. The van der Waals surface area contributed by atoms with Crippen molar-refractivity contribution in [1.82, 2.24) is 10.3 Å². The van der Waals surface area contributed by atoms with Crippen molar-refractivity contribution < 1.29 is 4.79 Å². The van der Waals surface area contributed by atoms with Gasteiger partial charge in [-0.1, -0.05) is 0 Å². The normalized spacial score (nSPS) is 9.67. The first kappa shape index (κ1) is 11.1. The van der Waals surface area contributed by atoms with Crippen LogP contribution in [0.15, 0.2) is 12.1 Å². The standard InChI is InChI=1S/C9H15N5O/c1-6-7(10)2-3-8(14-6)12-4-5-13-9(11)15/h2-3H,4-5,10H2,1H3,(H,12,14)(H3,11,13,15). The summed E-state index contributed by atoms with van der Waals surface area (Å²) >= 11 is 0. The molecule has 0 fully saturated rings. The molecular formula is C9H15N5O. The number of nitrogen functional groups attached to an aromatic ring is 1. The number of aromatic nitrogens is 1. The molecule has 0 unspecified atom stereocenters. The Morgan fingerprint density at radius 3 is 2.80 bits per heavy atom. The molecule has 1 aromatic heterocycles. The number of pyridine rings is 1. The number of hydrogen-bond donors (Lipinski definition) is 4. The smallest absolute Gasteiger partial charge is 0.312 e. The van der Waals surface area contributed by atoms with Gasteiger partial charge in [0.05, 0.1) is 11.4 Å². The zero-order valence-corrected chi connectivity index (χ0v) is 8.58. The third-order valence-electron chi connectivity index (χ3n) is 1.86. The van der Waals surface area contributed by atoms with E-state index in [1.807, 2.05) is 6.92 Å². The number of nitrogens with one attached hydrogen (secondary N) is 2. The number of rotatable bonds is 4. The minimum atomic E-state index is -0.529. The van der Waals surface area contributed by atoms with E-state index in [1.165, 1.54) is 0 Å². The largest absolute Gasteiger partial charge is 0.397 e. The number of carbonyl (C=O) groups excluding carboxylic acids is 1. The number of nitrogens with zero attached hydrogens (tertiary/aromatic N) is 1. The number of carbonyl (C=O) groups is 1. The summed E-state index contributed by atoms with van der Waals surface area (Å²) in [7, 11) is 0. The first-order valence-electron chi connectivity index (χ1n) is 4.60. The molecule has 0 saturated heterocycles. The summed E-state index contributed by atoms with van der Waals surface area (Å²) in [4.78, 5) is 14.6. The molecule has 0 aliphatic rings. The van der Waals surface area contributed by atoms with Crippen LogP contribution in [0, 0.1) is 6.92 Å². The molecule has 0 aliphatic heterocycles. The van der Waals surface area contributed by atoms with E-state index < -0.39 is 6.03 Å². The molecule has 6 heteroatoms. The fourth-order valence-electron chi connectivity index (χ4n) is 1.05. The summed E-state index contributed by atoms with van der Waals surface area (Å²) in [5.41, 5.74) is 12.0. The predicted molar refractivity (Wildman–Crippen MR) is 59.5 cm³/mol. The highest BCUT2D eigenvalue weighted by molar-refractivity contribution is 5.71. The molecule has 1 heterocycles. The Hall–Kier alpha value is -1.98. The second kappa shape index (κ2) is 5.04. The van der Waals surface area contributed by atoms with Gasteiger partial charge in [-0.3, -0.25) is 0 Å². The van der Waals surface area contributed by atoms with E-state index in [2.05, 4.69) is 15.6 Å². The SMILES string of the molecule is Cc1nc(NCCNC(N)=O)ccc1N. The fraction of sp³-hybridized carbons (Fsp3) is 0.333. The molecule has 1 aromatic rings. The van der Waals surface area contributed by atoms with Gasteiger partial charge in [-0.2, -0.15) is 0 Å². The molecule has 0 saturated carbocycles. The molecule has 0 radical (unpaired) electrons. The van der Waals surface area contributed by atoms with E-state index in [4.69, 9.17) is 11.5 Å². The third kappa shape index (κ3) is 3.72. The van der Waals surface area contributed by atoms with Crippen molar-refractivity contribution in [2.24, 2.45) is 5.73 Å². The number of anilines is 2. The molecule has 0 aliphatic carbocycles. The van der Waals surface area contributed by atoms with Crippen LogP contribution < -0.4 is 22.1 Å². The summed E-state index contributed by atoms with van der Waals surface area (Å²) in [6.45, 7) is 2.86. The molecule has 1 rings (SSSR count). The molecule has 15 heavy (non-hydrogen) atoms. The monoisotopic (exact) mass is 209 g/mol. The molecule has 0 aromatic carbocycles. The number of aryl methyl sites for hydroxylation is 1. The topological polar surface area (TPSA) is 106 Å². The van der Waals surface area contributed by atoms with Crippen LogP contribution in [0.1, 0.15) is 5.69 Å². The van der Waals surface area contributed by atoms with Crippen LogP contribution in [0.4, 0.5) is 16.3 Å². The Morgan fingerprint density at radius 2 is 2.20 bits per heavy atom. The Bertz CT molecular complexity index is 352. The van der Waals surface area contributed by atoms with Gasteiger partial charge in [-0.25, -0.2) is 9.78 Å². The molecule has 0 bridgehead atoms. The van der Waals surface area contributed by atoms with Crippen molar-refractivity contribution in [1.29, 1.82) is 0 Å². The Balaban J connectivity index is 2.38. The van der Waals surface area contributed by atoms with Gasteiger partial charge in [0.1, 0.15) is 5.82 Å². The summed E-state index contributed by atoms with van der Waals surface area (Å²) in [6, 6.07) is 3.04. The van der Waals surface area contributed by atoms with Crippen molar-refractivity contribution >= 4 is 17.5 Å². The molecule has 82 valence electrons. The lowest BCUT2D eigenvalue weighted by Crippen LogP contribution is -2.33. The minimum absolute atomic E-state index is 0.459. The van der Waals surface area contributed by atoms with E-state index in [9.17, 15) is 4.79 Å². The summed E-state index contributed by atoms with van der Waals surface area (Å²) in [5, 5.41) is 5.50. The van der Waals surface area contributed by atoms with Gasteiger partial charge in [-0.15, -0.1) is 0 Å². The van der Waals surface area contributed by atoms with Gasteiger partial charge in [-0.05, 0) is 19.1 Å². The molecule has 6 N–H and O–H groups in total. The second-order valence-corrected chi connectivity index (χ2v) is 3.09. The molecule has 0 atom stereocenters. The van der Waals surface area contributed by atoms with E-state index >= 15 is 0 Å². The number of primary amides is 1. The highest BCUT2D eigenvalue weighted by Gasteiger charge is 1.97. The lowest BCUT2D eigenvalue weighted by molar-refractivity contribution is 0.249. The van der Waals surface area contributed by atoms with Crippen LogP contribution in [-0.2, 0) is 0 Å². The van der Waals surface area contributed by atoms with E-state index in [-0.39, 0.29) is 0 Å². The second-order valence-electron chi connectivity index (χ2n) is 3.09. The average molecular weight is 209 g/mol. The van der Waals surface area contributed by atoms with Gasteiger partial charge in [0.25, 0.3) is 0 Å². The minimum Gasteiger partial charge on any atom is -0.397 e. The van der Waals surface area contributed by atoms with Crippen LogP contribution in [0.25, 0.3) is 0 Å². The number of nitrogens with two attached hydrogens (primary N) is 2. The molecule has 6 nitrogen and oxygen atoms in total. The fourth-order valence-corrected chi connectivity index (χ4v) is 1.05. The van der Waals surface area contributed by atoms with Crippen LogP contribution in [0.5, 0.6) is 0 Å². The van der Waals surface area contributed by atoms with Crippen molar-refractivity contribution in [3.05, 3.63) is 17.8 Å². The van der Waals surface area contributed by atoms with Gasteiger partial charge in [0.2, 0.25) is 0 Å². The van der Waals surface area contributed by atoms with Crippen molar-refractivity contribution in [2.45, 2.75) is 6.92 Å². The number of hydrogen-bond acceptors (Lipinski definition) is 4. The summed E-state index contributed by atoms with van der Waals surface area (Å²) < 4.78 is 0. The first-order valence-corrected chi connectivity index (χ1v) is 4.60. The molecule has 0 spiro atoms. The zero-order chi connectivity index (χ0) is 11.3. The zero-order valence-electron chi connectivity index (χ0n) is 8.58. The summed E-state index contributed by atoms with van der Waals surface area (Å²) in [6.07, 6.45) is 0. The van der Waals surface area contributed by atoms with Crippen molar-refractivity contribution in [3.8, 4) is 0 Å². The summed E-state index contributed by atoms with van der Waals surface area (Å²) in [5.74, 6) is 0.730. The van der Waals surface area contributed by atoms with Crippen molar-refractivity contribution in [3.63, 3.8) is 0 Å². The quantitative estimate of drug-likeness (QED) is 0.526. The maximum absolute atomic E-state index is 10.4. The Labute approximate surface area is 88.1 Å². The van der Waals surface area contributed by atoms with E-state index in [1.54, 1.807) is 12.1 Å². The molecular weight excluding hydrogens is 194 g/mol. The lowest BCUT2D eigenvalue weighted by Gasteiger charge is -2.07. The van der Waals surface area contributed by atoms with Crippen molar-refractivity contribution in [2.75, 3.05) is 24.1 Å². The lowest BCUT2D eigenvalue weighted by atomic mass is 10.3. The van der Waals surface area contributed by atoms with Crippen LogP contribution in [-0.4, -0.2) is 24.1 Å². The Morgan fingerprint density at radius 1 is 1.47 bits per heavy atom. The van der Waals surface area contributed by atoms with Gasteiger partial charge < -0.3 is 22.1 Å². The third-order valence-corrected chi connectivity index (χ3v) is 1.86. The van der Waals surface area contributed by atoms with E-state index in [0.717, 1.165) is 11.5 Å². The predicted octanol–water partition coefficient (Wildman–Crippen LogP) is 0.0524. The van der Waals surface area contributed by atoms with Crippen LogP contribution >= 0.6 is 0 Å². The highest BCUT2D eigenvalue weighted by Crippen LogP contribution is 2.10. The maximum atomic E-state index is 10.4. The van der Waals surface area contributed by atoms with E-state index in [0.29, 0.717) is 18.8 Å². The van der Waals surface area contributed by atoms with Crippen LogP contribution in [0.2, 0.25) is 0 Å². The molecule has 2 amide bonds. The highest BCUT2D eigenvalue weighted by atomic mass is 16.2. The maximum Gasteiger partial charge on any atom is 0.312 e. The first-order chi connectivity index (χ1) is 7.09. The van der Waals surface area contributed by atoms with Crippen LogP contribution in [0.3, 0.4) is 0 Å². The van der Waals surface area contributed by atoms with Gasteiger partial charge in [0, 0.05) is 13.1 Å². The average Bonchev–Trinajstić information content (AvgIpc) is 2.18. The number of urea groups is 1. The van der Waals surface area contributed by atoms with Gasteiger partial charge in [0.15, 0.2) is 0 Å². The Kier molecular flexibility index (Phi) is 3.73. The van der Waals surface area contributed by atoms with Gasteiger partial charge >= 0.3 is 6.03 Å².